The van der Waals surface area contributed by atoms with Crippen LogP contribution in [0.1, 0.15) is 27.7 Å². The van der Waals surface area contributed by atoms with Crippen molar-refractivity contribution < 1.29 is 26.2 Å². The summed E-state index contributed by atoms with van der Waals surface area (Å²) < 4.78 is 0. The quantitative estimate of drug-likeness (QED) is 0.334. The van der Waals surface area contributed by atoms with Crippen molar-refractivity contribution in [3.8, 4) is 0 Å². The van der Waals surface area contributed by atoms with E-state index in [1.165, 1.54) is 10.8 Å². The summed E-state index contributed by atoms with van der Waals surface area (Å²) in [5.74, 6) is 0. The van der Waals surface area contributed by atoms with Gasteiger partial charge in [0, 0.05) is 0 Å². The number of fused-ring (bicyclic) bond motifs is 1. The summed E-state index contributed by atoms with van der Waals surface area (Å²) in [4.78, 5) is 0. The minimum absolute atomic E-state index is 0. The molecule has 117 valence electrons. The molecule has 1 atom stereocenters. The van der Waals surface area contributed by atoms with E-state index in [9.17, 15) is 0 Å². The molecule has 0 saturated carbocycles. The van der Waals surface area contributed by atoms with Crippen LogP contribution < -0.4 is 0 Å². The van der Waals surface area contributed by atoms with Crippen LogP contribution in [0.5, 0.6) is 0 Å². The maximum absolute atomic E-state index is 2.12. The molecule has 0 spiro atoms. The molecular weight excluding hydrogens is 409 g/mol. The van der Waals surface area contributed by atoms with Gasteiger partial charge in [0.25, 0.3) is 0 Å². The van der Waals surface area contributed by atoms with Crippen LogP contribution in [0.25, 0.3) is 10.8 Å². The summed E-state index contributed by atoms with van der Waals surface area (Å²) in [5, 5.41) is 2.66. The predicted octanol–water partition coefficient (Wildman–Crippen LogP) is 6.34. The zero-order chi connectivity index (χ0) is 11.5. The van der Waals surface area contributed by atoms with Gasteiger partial charge in [0.2, 0.25) is 0 Å². The standard InChI is InChI=1S/C9H7.2C3H7.3ClH.H3P.Zr/c1-2-5-9-7-3-6-8(9)4-1;2*1-3-2;;;;;/h1-7H;2*3H,1-2H3;3*1H;1H3;/q3*-1;;;;;+3. The maximum Gasteiger partial charge on any atom is 3.00 e. The molecule has 0 saturated heterocycles. The van der Waals surface area contributed by atoms with Gasteiger partial charge in [-0.05, 0) is 0 Å². The van der Waals surface area contributed by atoms with Crippen LogP contribution >= 0.6 is 47.1 Å². The molecule has 2 aromatic carbocycles. The molecular formula is C15H27Cl3PZr. The number of benzene rings is 1. The SMILES string of the molecule is C[CH-]C.C[CH-]C.Cl.Cl.Cl.P.[Zr+3].c1ccc2[cH-]ccc2c1. The van der Waals surface area contributed by atoms with E-state index in [4.69, 9.17) is 0 Å². The van der Waals surface area contributed by atoms with Crippen LogP contribution in [0.4, 0.5) is 0 Å². The molecule has 0 fully saturated rings. The maximum atomic E-state index is 2.12. The summed E-state index contributed by atoms with van der Waals surface area (Å²) in [6.07, 6.45) is 4.00. The van der Waals surface area contributed by atoms with Gasteiger partial charge in [-0.15, -0.1) is 66.9 Å². The first-order chi connectivity index (χ1) is 7.29. The smallest absolute Gasteiger partial charge is 0.335 e. The van der Waals surface area contributed by atoms with Crippen molar-refractivity contribution in [1.29, 1.82) is 0 Å². The van der Waals surface area contributed by atoms with Crippen molar-refractivity contribution >= 4 is 57.9 Å². The molecule has 0 aliphatic carbocycles. The molecule has 1 unspecified atom stereocenters. The van der Waals surface area contributed by atoms with E-state index in [0.29, 0.717) is 0 Å². The van der Waals surface area contributed by atoms with Gasteiger partial charge < -0.3 is 12.8 Å². The van der Waals surface area contributed by atoms with Gasteiger partial charge in [-0.2, -0.15) is 55.1 Å². The van der Waals surface area contributed by atoms with E-state index in [-0.39, 0.29) is 73.3 Å². The molecule has 1 radical (unpaired) electrons. The third-order valence-electron chi connectivity index (χ3n) is 1.55. The molecule has 0 heterocycles. The van der Waals surface area contributed by atoms with Gasteiger partial charge in [-0.25, -0.2) is 0 Å². The Bertz CT molecular complexity index is 321. The Labute approximate surface area is 166 Å². The Balaban J connectivity index is -0.0000000401. The number of hydrogen-bond acceptors (Lipinski definition) is 0. The molecule has 0 bridgehead atoms. The Morgan fingerprint density at radius 2 is 1.20 bits per heavy atom. The van der Waals surface area contributed by atoms with Gasteiger partial charge >= 0.3 is 26.2 Å². The third kappa shape index (κ3) is 19.0. The van der Waals surface area contributed by atoms with Crippen molar-refractivity contribution in [1.82, 2.24) is 0 Å². The Hall–Kier alpha value is 1.01. The summed E-state index contributed by atoms with van der Waals surface area (Å²) >= 11 is 0. The topological polar surface area (TPSA) is 0 Å². The first-order valence-electron chi connectivity index (χ1n) is 5.38. The zero-order valence-electron chi connectivity index (χ0n) is 12.6. The molecule has 5 heteroatoms. The van der Waals surface area contributed by atoms with Crippen molar-refractivity contribution in [2.75, 3.05) is 0 Å². The molecule has 2 rings (SSSR count). The molecule has 2 aromatic rings. The molecule has 0 nitrogen and oxygen atoms in total. The van der Waals surface area contributed by atoms with Crippen LogP contribution in [-0.2, 0) is 26.2 Å². The van der Waals surface area contributed by atoms with E-state index in [1.54, 1.807) is 0 Å². The summed E-state index contributed by atoms with van der Waals surface area (Å²) in [5.41, 5.74) is 0. The van der Waals surface area contributed by atoms with Crippen LogP contribution in [0.3, 0.4) is 0 Å². The van der Waals surface area contributed by atoms with E-state index in [2.05, 4.69) is 42.5 Å². The second-order valence-corrected chi connectivity index (χ2v) is 3.31. The van der Waals surface area contributed by atoms with Crippen molar-refractivity contribution in [2.45, 2.75) is 27.7 Å². The van der Waals surface area contributed by atoms with Gasteiger partial charge in [-0.1, -0.05) is 6.07 Å². The van der Waals surface area contributed by atoms with Crippen LogP contribution in [0.2, 0.25) is 0 Å². The fourth-order valence-corrected chi connectivity index (χ4v) is 1.07. The van der Waals surface area contributed by atoms with Crippen LogP contribution in [0.15, 0.2) is 42.5 Å². The monoisotopic (exact) mass is 433 g/mol. The first kappa shape index (κ1) is 37.3. The molecule has 0 amide bonds. The third-order valence-corrected chi connectivity index (χ3v) is 1.55. The van der Waals surface area contributed by atoms with Gasteiger partial charge in [0.1, 0.15) is 0 Å². The minimum Gasteiger partial charge on any atom is -0.335 e. The summed E-state index contributed by atoms with van der Waals surface area (Å²) in [6.45, 7) is 8.00. The van der Waals surface area contributed by atoms with Crippen molar-refractivity contribution in [3.63, 3.8) is 0 Å². The van der Waals surface area contributed by atoms with E-state index in [0.717, 1.165) is 0 Å². The Kier molecular flexibility index (Phi) is 52.7. The fraction of sp³-hybridized carbons (Fsp3) is 0.267. The summed E-state index contributed by atoms with van der Waals surface area (Å²) in [6, 6.07) is 14.7. The zero-order valence-corrected chi connectivity index (χ0v) is 18.9. The minimum atomic E-state index is 0. The molecule has 0 aromatic heterocycles. The number of hydrogen-bond donors (Lipinski definition) is 0. The van der Waals surface area contributed by atoms with Crippen molar-refractivity contribution in [2.24, 2.45) is 0 Å². The molecule has 0 N–H and O–H groups in total. The van der Waals surface area contributed by atoms with Gasteiger partial charge in [0.05, 0.1) is 0 Å². The van der Waals surface area contributed by atoms with Crippen LogP contribution in [-0.4, -0.2) is 0 Å². The molecule has 0 aliphatic heterocycles. The van der Waals surface area contributed by atoms with E-state index >= 15 is 0 Å². The van der Waals surface area contributed by atoms with E-state index < -0.39 is 0 Å². The average Bonchev–Trinajstić information content (AvgIpc) is 2.67. The van der Waals surface area contributed by atoms with Crippen molar-refractivity contribution in [3.05, 3.63) is 55.3 Å². The fourth-order valence-electron chi connectivity index (χ4n) is 1.07. The molecule has 0 aliphatic rings. The van der Waals surface area contributed by atoms with Gasteiger partial charge in [0.15, 0.2) is 0 Å². The number of halogens is 3. The summed E-state index contributed by atoms with van der Waals surface area (Å²) in [7, 11) is 0. The molecule has 20 heavy (non-hydrogen) atoms. The Morgan fingerprint density at radius 3 is 1.60 bits per heavy atom. The number of rotatable bonds is 0. The predicted molar refractivity (Wildman–Crippen MR) is 104 cm³/mol. The first-order valence-corrected chi connectivity index (χ1v) is 5.38. The largest absolute Gasteiger partial charge is 3.00 e. The Morgan fingerprint density at radius 1 is 0.800 bits per heavy atom. The van der Waals surface area contributed by atoms with E-state index in [1.807, 2.05) is 40.5 Å². The van der Waals surface area contributed by atoms with Crippen LogP contribution in [0, 0.1) is 12.8 Å². The average molecular weight is 436 g/mol. The van der Waals surface area contributed by atoms with Gasteiger partial charge in [-0.3, -0.25) is 0 Å². The second kappa shape index (κ2) is 28.2. The normalized spacial score (nSPS) is 6.40. The second-order valence-electron chi connectivity index (χ2n) is 3.31.